The van der Waals surface area contributed by atoms with Crippen molar-refractivity contribution >= 4 is 44.9 Å². The maximum atomic E-state index is 13.1. The second-order valence-corrected chi connectivity index (χ2v) is 8.99. The molecule has 1 aromatic heterocycles. The van der Waals surface area contributed by atoms with Gasteiger partial charge in [0.05, 0.1) is 28.0 Å². The van der Waals surface area contributed by atoms with Crippen LogP contribution in [-0.2, 0) is 16.6 Å². The lowest BCUT2D eigenvalue weighted by Crippen LogP contribution is -2.24. The molecule has 0 saturated carbocycles. The molecule has 0 atom stereocenters. The normalized spacial score (nSPS) is 11.1. The number of nitrogen functional groups attached to an aromatic ring is 1. The van der Waals surface area contributed by atoms with Crippen LogP contribution in [0.1, 0.15) is 17.0 Å². The molecule has 0 saturated heterocycles. The van der Waals surface area contributed by atoms with Gasteiger partial charge in [-0.05, 0) is 42.8 Å². The van der Waals surface area contributed by atoms with Gasteiger partial charge in [-0.25, -0.2) is 13.4 Å². The van der Waals surface area contributed by atoms with Crippen molar-refractivity contribution in [1.82, 2.24) is 9.55 Å². The summed E-state index contributed by atoms with van der Waals surface area (Å²) in [5.41, 5.74) is 7.47. The highest BCUT2D eigenvalue weighted by atomic mass is 35.5. The summed E-state index contributed by atoms with van der Waals surface area (Å²) in [6.45, 7) is 2.04. The average Bonchev–Trinajstić information content (AvgIpc) is 2.77. The monoisotopic (exact) mass is 483 g/mol. The zero-order chi connectivity index (χ0) is 22.9. The third-order valence-electron chi connectivity index (χ3n) is 5.06. The highest BCUT2D eigenvalue weighted by Gasteiger charge is 2.15. The molecule has 0 aliphatic rings. The van der Waals surface area contributed by atoms with Crippen molar-refractivity contribution < 1.29 is 8.42 Å². The summed E-state index contributed by atoms with van der Waals surface area (Å²) in [4.78, 5) is 17.7. The Balaban J connectivity index is 0.00000306. The molecule has 0 aliphatic heterocycles. The number of aryl methyl sites for hydroxylation is 1. The predicted octanol–water partition coefficient (Wildman–Crippen LogP) is 3.26. The van der Waals surface area contributed by atoms with Gasteiger partial charge in [0.15, 0.2) is 0 Å². The molecular weight excluding hydrogens is 462 g/mol. The molecule has 0 spiro atoms. The van der Waals surface area contributed by atoms with Gasteiger partial charge >= 0.3 is 0 Å². The second kappa shape index (κ2) is 9.43. The van der Waals surface area contributed by atoms with Crippen molar-refractivity contribution in [3.63, 3.8) is 0 Å². The lowest BCUT2D eigenvalue weighted by Gasteiger charge is -2.13. The molecule has 0 aliphatic carbocycles. The third kappa shape index (κ3) is 5.05. The molecule has 8 nitrogen and oxygen atoms in total. The van der Waals surface area contributed by atoms with E-state index in [-0.39, 0.29) is 28.7 Å². The lowest BCUT2D eigenvalue weighted by molar-refractivity contribution is 0.601. The molecule has 170 valence electrons. The summed E-state index contributed by atoms with van der Waals surface area (Å²) in [6, 6.07) is 19.8. The van der Waals surface area contributed by atoms with Gasteiger partial charge in [0.2, 0.25) is 0 Å². The van der Waals surface area contributed by atoms with Gasteiger partial charge in [0.1, 0.15) is 11.7 Å². The summed E-state index contributed by atoms with van der Waals surface area (Å²) in [7, 11) is -3.75. The molecule has 4 aromatic rings. The molecule has 4 rings (SSSR count). The Morgan fingerprint density at radius 2 is 1.73 bits per heavy atom. The molecular formula is C23H22ClN5O3S. The van der Waals surface area contributed by atoms with Gasteiger partial charge in [-0.1, -0.05) is 42.5 Å². The topological polar surface area (TPSA) is 131 Å². The first-order chi connectivity index (χ1) is 15.2. The van der Waals surface area contributed by atoms with Crippen LogP contribution in [0.2, 0.25) is 0 Å². The van der Waals surface area contributed by atoms with E-state index >= 15 is 0 Å². The number of fused-ring (bicyclic) bond motifs is 1. The molecule has 3 aromatic carbocycles. The van der Waals surface area contributed by atoms with Crippen LogP contribution in [-0.4, -0.2) is 23.8 Å². The Morgan fingerprint density at radius 1 is 1.06 bits per heavy atom. The molecule has 1 heterocycles. The minimum absolute atomic E-state index is 0. The first-order valence-corrected chi connectivity index (χ1v) is 11.3. The highest BCUT2D eigenvalue weighted by molar-refractivity contribution is 7.92. The fraction of sp³-hybridized carbons (Fsp3) is 0.0870. The highest BCUT2D eigenvalue weighted by Crippen LogP contribution is 2.20. The summed E-state index contributed by atoms with van der Waals surface area (Å²) in [6.07, 6.45) is 0. The molecule has 0 fully saturated rings. The van der Waals surface area contributed by atoms with Crippen molar-refractivity contribution in [3.8, 4) is 0 Å². The van der Waals surface area contributed by atoms with Crippen molar-refractivity contribution in [2.75, 3.05) is 4.72 Å². The summed E-state index contributed by atoms with van der Waals surface area (Å²) < 4.78 is 29.2. The van der Waals surface area contributed by atoms with Crippen molar-refractivity contribution in [3.05, 3.63) is 100 Å². The number of sulfonamides is 1. The van der Waals surface area contributed by atoms with Gasteiger partial charge in [-0.15, -0.1) is 12.4 Å². The maximum Gasteiger partial charge on any atom is 0.261 e. The summed E-state index contributed by atoms with van der Waals surface area (Å²) in [5.74, 6) is 0.483. The van der Waals surface area contributed by atoms with Gasteiger partial charge in [-0.2, -0.15) is 0 Å². The molecule has 0 radical (unpaired) electrons. The number of amidine groups is 1. The van der Waals surface area contributed by atoms with Crippen LogP contribution in [0, 0.1) is 12.3 Å². The summed E-state index contributed by atoms with van der Waals surface area (Å²) >= 11 is 0. The minimum Gasteiger partial charge on any atom is -0.384 e. The van der Waals surface area contributed by atoms with E-state index in [2.05, 4.69) is 9.71 Å². The Bertz CT molecular complexity index is 1480. The van der Waals surface area contributed by atoms with Crippen LogP contribution >= 0.6 is 12.4 Å². The van der Waals surface area contributed by atoms with Crippen molar-refractivity contribution in [1.29, 1.82) is 5.41 Å². The number of nitrogens with zero attached hydrogens (tertiary/aromatic N) is 2. The third-order valence-corrected chi connectivity index (χ3v) is 6.45. The van der Waals surface area contributed by atoms with Gasteiger partial charge in [0, 0.05) is 5.56 Å². The van der Waals surface area contributed by atoms with Gasteiger partial charge < -0.3 is 5.73 Å². The fourth-order valence-corrected chi connectivity index (χ4v) is 4.44. The number of benzene rings is 3. The quantitative estimate of drug-likeness (QED) is 0.286. The standard InChI is InChI=1S/C23H21N5O3S.ClH/c1-15-26-21-13-18(27-32(30,31)19-5-3-2-4-6-19)11-12-20(21)23(29)28(15)14-16-7-9-17(10-8-16)22(24)25;/h2-13,27H,14H2,1H3,(H3,24,25);1H. The van der Waals surface area contributed by atoms with Crippen molar-refractivity contribution in [2.24, 2.45) is 5.73 Å². The van der Waals surface area contributed by atoms with E-state index in [1.165, 1.54) is 12.1 Å². The van der Waals surface area contributed by atoms with Crippen LogP contribution < -0.4 is 16.0 Å². The van der Waals surface area contributed by atoms with E-state index in [0.717, 1.165) is 5.56 Å². The molecule has 4 N–H and O–H groups in total. The molecule has 10 heteroatoms. The molecule has 0 unspecified atom stereocenters. The number of aromatic nitrogens is 2. The second-order valence-electron chi connectivity index (χ2n) is 7.31. The maximum absolute atomic E-state index is 13.1. The Labute approximate surface area is 197 Å². The smallest absolute Gasteiger partial charge is 0.261 e. The van der Waals surface area contributed by atoms with E-state index in [1.807, 2.05) is 12.1 Å². The average molecular weight is 484 g/mol. The number of halogens is 1. The van der Waals surface area contributed by atoms with E-state index < -0.39 is 10.0 Å². The number of hydrogen-bond donors (Lipinski definition) is 3. The van der Waals surface area contributed by atoms with Gasteiger partial charge in [0.25, 0.3) is 15.6 Å². The molecule has 0 bridgehead atoms. The van der Waals surface area contributed by atoms with Crippen LogP contribution in [0.3, 0.4) is 0 Å². The SMILES string of the molecule is Cc1nc2cc(NS(=O)(=O)c3ccccc3)ccc2c(=O)n1Cc1ccc(C(=N)N)cc1.Cl. The van der Waals surface area contributed by atoms with E-state index in [1.54, 1.807) is 60.0 Å². The zero-order valence-electron chi connectivity index (χ0n) is 17.6. The fourth-order valence-electron chi connectivity index (χ4n) is 3.37. The predicted molar refractivity (Wildman–Crippen MR) is 132 cm³/mol. The number of hydrogen-bond acceptors (Lipinski definition) is 5. The molecule has 0 amide bonds. The Morgan fingerprint density at radius 3 is 2.36 bits per heavy atom. The Kier molecular flexibility index (Phi) is 6.85. The Hall–Kier alpha value is -3.69. The number of nitrogens with two attached hydrogens (primary N) is 1. The van der Waals surface area contributed by atoms with E-state index in [9.17, 15) is 13.2 Å². The van der Waals surface area contributed by atoms with Crippen LogP contribution in [0.25, 0.3) is 10.9 Å². The first-order valence-electron chi connectivity index (χ1n) is 9.77. The largest absolute Gasteiger partial charge is 0.384 e. The minimum atomic E-state index is -3.75. The number of nitrogens with one attached hydrogen (secondary N) is 2. The lowest BCUT2D eigenvalue weighted by atomic mass is 10.1. The first kappa shape index (κ1) is 24.0. The number of rotatable bonds is 6. The van der Waals surface area contributed by atoms with Crippen molar-refractivity contribution in [2.45, 2.75) is 18.4 Å². The van der Waals surface area contributed by atoms with Crippen LogP contribution in [0.5, 0.6) is 0 Å². The molecule has 33 heavy (non-hydrogen) atoms. The van der Waals surface area contributed by atoms with Gasteiger partial charge in [-0.3, -0.25) is 19.5 Å². The zero-order valence-corrected chi connectivity index (χ0v) is 19.3. The number of anilines is 1. The van der Waals surface area contributed by atoms with Crippen LogP contribution in [0.15, 0.2) is 82.5 Å². The van der Waals surface area contributed by atoms with Crippen LogP contribution in [0.4, 0.5) is 5.69 Å². The summed E-state index contributed by atoms with van der Waals surface area (Å²) in [5, 5.41) is 7.86. The van der Waals surface area contributed by atoms with E-state index in [0.29, 0.717) is 34.5 Å². The van der Waals surface area contributed by atoms with E-state index in [4.69, 9.17) is 11.1 Å².